The van der Waals surface area contributed by atoms with Gasteiger partial charge in [-0.3, -0.25) is 0 Å². The van der Waals surface area contributed by atoms with Crippen LogP contribution >= 0.6 is 0 Å². The number of hydrogen-bond donors (Lipinski definition) is 1. The van der Waals surface area contributed by atoms with Crippen LogP contribution in [0.15, 0.2) is 48.5 Å². The van der Waals surface area contributed by atoms with Crippen LogP contribution in [0.1, 0.15) is 37.1 Å². The minimum atomic E-state index is -0.162. The Labute approximate surface area is 125 Å². The number of para-hydroxylation sites is 1. The zero-order valence-corrected chi connectivity index (χ0v) is 12.3. The number of fused-ring (bicyclic) bond motifs is 1. The fraction of sp³-hybridized carbons (Fsp3) is 0.333. The lowest BCUT2D eigenvalue weighted by atomic mass is 9.91. The third-order valence-corrected chi connectivity index (χ3v) is 4.13. The van der Waals surface area contributed by atoms with Gasteiger partial charge >= 0.3 is 0 Å². The minimum Gasteiger partial charge on any atom is -0.493 e. The quantitative estimate of drug-likeness (QED) is 0.910. The van der Waals surface area contributed by atoms with Gasteiger partial charge in [0.25, 0.3) is 0 Å². The molecule has 3 atom stereocenters. The molecular formula is C18H20FNO. The molecule has 3 rings (SSSR count). The van der Waals surface area contributed by atoms with Crippen molar-refractivity contribution in [3.8, 4) is 5.75 Å². The van der Waals surface area contributed by atoms with Crippen LogP contribution < -0.4 is 10.1 Å². The Hall–Kier alpha value is -1.87. The molecule has 0 aromatic heterocycles. The second-order valence-corrected chi connectivity index (χ2v) is 5.71. The number of ether oxygens (including phenoxy) is 1. The van der Waals surface area contributed by atoms with Crippen LogP contribution in [-0.4, -0.2) is 6.61 Å². The van der Waals surface area contributed by atoms with Crippen molar-refractivity contribution in [1.29, 1.82) is 0 Å². The molecule has 1 N–H and O–H groups in total. The molecule has 1 aliphatic heterocycles. The highest BCUT2D eigenvalue weighted by molar-refractivity contribution is 5.38. The summed E-state index contributed by atoms with van der Waals surface area (Å²) in [6.45, 7) is 4.84. The average molecular weight is 285 g/mol. The van der Waals surface area contributed by atoms with E-state index in [-0.39, 0.29) is 17.9 Å². The molecule has 1 aliphatic rings. The van der Waals surface area contributed by atoms with Crippen LogP contribution in [-0.2, 0) is 0 Å². The lowest BCUT2D eigenvalue weighted by Gasteiger charge is -2.34. The average Bonchev–Trinajstić information content (AvgIpc) is 2.50. The lowest BCUT2D eigenvalue weighted by Crippen LogP contribution is -2.35. The van der Waals surface area contributed by atoms with E-state index in [9.17, 15) is 4.39 Å². The van der Waals surface area contributed by atoms with Gasteiger partial charge in [0.1, 0.15) is 11.6 Å². The van der Waals surface area contributed by atoms with Crippen molar-refractivity contribution in [1.82, 2.24) is 5.32 Å². The Kier molecular flexibility index (Phi) is 3.93. The molecule has 2 aromatic carbocycles. The molecule has 0 aliphatic carbocycles. The summed E-state index contributed by atoms with van der Waals surface area (Å²) < 4.78 is 19.7. The van der Waals surface area contributed by atoms with Crippen LogP contribution in [0.25, 0.3) is 0 Å². The molecule has 3 unspecified atom stereocenters. The van der Waals surface area contributed by atoms with Crippen molar-refractivity contribution in [3.05, 3.63) is 65.5 Å². The molecule has 0 fully saturated rings. The maximum atomic E-state index is 13.9. The Bertz CT molecular complexity index is 628. The number of rotatable bonds is 3. The first-order valence-corrected chi connectivity index (χ1v) is 7.39. The minimum absolute atomic E-state index is 0.0511. The fourth-order valence-corrected chi connectivity index (χ4v) is 2.93. The molecule has 0 radical (unpaired) electrons. The predicted molar refractivity (Wildman–Crippen MR) is 81.8 cm³/mol. The zero-order chi connectivity index (χ0) is 14.8. The first-order valence-electron chi connectivity index (χ1n) is 7.39. The number of halogens is 1. The zero-order valence-electron chi connectivity index (χ0n) is 12.3. The van der Waals surface area contributed by atoms with Crippen molar-refractivity contribution >= 4 is 0 Å². The summed E-state index contributed by atoms with van der Waals surface area (Å²) in [5.41, 5.74) is 1.85. The van der Waals surface area contributed by atoms with Gasteiger partial charge in [0.2, 0.25) is 0 Å². The van der Waals surface area contributed by atoms with E-state index < -0.39 is 0 Å². The molecule has 0 saturated carbocycles. The Morgan fingerprint density at radius 2 is 1.86 bits per heavy atom. The molecule has 0 amide bonds. The number of benzene rings is 2. The van der Waals surface area contributed by atoms with Crippen molar-refractivity contribution in [2.75, 3.05) is 6.61 Å². The summed E-state index contributed by atoms with van der Waals surface area (Å²) in [5.74, 6) is 1.11. The van der Waals surface area contributed by atoms with Crippen molar-refractivity contribution in [3.63, 3.8) is 0 Å². The van der Waals surface area contributed by atoms with Crippen LogP contribution in [0.4, 0.5) is 4.39 Å². The largest absolute Gasteiger partial charge is 0.493 e. The van der Waals surface area contributed by atoms with E-state index in [0.717, 1.165) is 11.3 Å². The van der Waals surface area contributed by atoms with E-state index in [1.54, 1.807) is 6.07 Å². The first-order chi connectivity index (χ1) is 10.2. The van der Waals surface area contributed by atoms with Gasteiger partial charge in [0, 0.05) is 29.1 Å². The second-order valence-electron chi connectivity index (χ2n) is 5.71. The van der Waals surface area contributed by atoms with Gasteiger partial charge in [0.15, 0.2) is 0 Å². The summed E-state index contributed by atoms with van der Waals surface area (Å²) in [6.07, 6.45) is 0. The van der Waals surface area contributed by atoms with Gasteiger partial charge in [-0.25, -0.2) is 4.39 Å². The summed E-state index contributed by atoms with van der Waals surface area (Å²) in [5, 5.41) is 3.56. The van der Waals surface area contributed by atoms with E-state index in [1.165, 1.54) is 6.07 Å². The van der Waals surface area contributed by atoms with E-state index in [0.29, 0.717) is 18.1 Å². The van der Waals surface area contributed by atoms with Gasteiger partial charge in [-0.15, -0.1) is 0 Å². The Morgan fingerprint density at radius 3 is 2.67 bits per heavy atom. The number of nitrogens with one attached hydrogen (secondary N) is 1. The first kappa shape index (κ1) is 14.1. The molecule has 0 bridgehead atoms. The molecular weight excluding hydrogens is 265 g/mol. The third-order valence-electron chi connectivity index (χ3n) is 4.13. The lowest BCUT2D eigenvalue weighted by molar-refractivity contribution is 0.181. The molecule has 2 nitrogen and oxygen atoms in total. The summed E-state index contributed by atoms with van der Waals surface area (Å²) >= 11 is 0. The SMILES string of the molecule is CC(NC1c2ccccc2OCC1C)c1ccccc1F. The Morgan fingerprint density at radius 1 is 1.14 bits per heavy atom. The van der Waals surface area contributed by atoms with Gasteiger partial charge in [-0.2, -0.15) is 0 Å². The highest BCUT2D eigenvalue weighted by Gasteiger charge is 2.29. The van der Waals surface area contributed by atoms with E-state index >= 15 is 0 Å². The maximum absolute atomic E-state index is 13.9. The predicted octanol–water partition coefficient (Wildman–Crippen LogP) is 4.25. The molecule has 1 heterocycles. The van der Waals surface area contributed by atoms with E-state index in [4.69, 9.17) is 4.74 Å². The topological polar surface area (TPSA) is 21.3 Å². The van der Waals surface area contributed by atoms with E-state index in [2.05, 4.69) is 18.3 Å². The second kappa shape index (κ2) is 5.86. The van der Waals surface area contributed by atoms with E-state index in [1.807, 2.05) is 37.3 Å². The van der Waals surface area contributed by atoms with Crippen molar-refractivity contribution < 1.29 is 9.13 Å². The number of hydrogen-bond acceptors (Lipinski definition) is 2. The summed E-state index contributed by atoms with van der Waals surface area (Å²) in [7, 11) is 0. The highest BCUT2D eigenvalue weighted by atomic mass is 19.1. The highest BCUT2D eigenvalue weighted by Crippen LogP contribution is 2.36. The van der Waals surface area contributed by atoms with Crippen LogP contribution in [0.2, 0.25) is 0 Å². The molecule has 0 saturated heterocycles. The fourth-order valence-electron chi connectivity index (χ4n) is 2.93. The van der Waals surface area contributed by atoms with Crippen LogP contribution in [0.5, 0.6) is 5.75 Å². The summed E-state index contributed by atoms with van der Waals surface area (Å²) in [4.78, 5) is 0. The van der Waals surface area contributed by atoms with Crippen LogP contribution in [0, 0.1) is 11.7 Å². The molecule has 21 heavy (non-hydrogen) atoms. The van der Waals surface area contributed by atoms with Gasteiger partial charge < -0.3 is 10.1 Å². The molecule has 3 heteroatoms. The monoisotopic (exact) mass is 285 g/mol. The summed E-state index contributed by atoms with van der Waals surface area (Å²) in [6, 6.07) is 15.1. The van der Waals surface area contributed by atoms with Crippen molar-refractivity contribution in [2.24, 2.45) is 5.92 Å². The Balaban J connectivity index is 1.86. The standard InChI is InChI=1S/C18H20FNO/c1-12-11-21-17-10-6-4-8-15(17)18(12)20-13(2)14-7-3-5-9-16(14)19/h3-10,12-13,18,20H,11H2,1-2H3. The van der Waals surface area contributed by atoms with Gasteiger partial charge in [0.05, 0.1) is 6.61 Å². The smallest absolute Gasteiger partial charge is 0.127 e. The van der Waals surface area contributed by atoms with Crippen molar-refractivity contribution in [2.45, 2.75) is 25.9 Å². The molecule has 0 spiro atoms. The third kappa shape index (κ3) is 2.79. The molecule has 2 aromatic rings. The van der Waals surface area contributed by atoms with Crippen LogP contribution in [0.3, 0.4) is 0 Å². The maximum Gasteiger partial charge on any atom is 0.127 e. The van der Waals surface area contributed by atoms with Gasteiger partial charge in [-0.05, 0) is 19.1 Å². The normalized spacial score (nSPS) is 22.2. The van der Waals surface area contributed by atoms with Gasteiger partial charge in [-0.1, -0.05) is 43.3 Å². The molecule has 110 valence electrons.